The van der Waals surface area contributed by atoms with Crippen molar-refractivity contribution in [2.24, 2.45) is 0 Å². The number of methoxy groups -OCH3 is 1. The third kappa shape index (κ3) is 6.76. The number of amides is 1. The summed E-state index contributed by atoms with van der Waals surface area (Å²) in [5.41, 5.74) is 1.11. The number of anilines is 1. The summed E-state index contributed by atoms with van der Waals surface area (Å²) in [5.74, 6) is 1.00. The number of likely N-dealkylation sites (tertiary alicyclic amines) is 1. The fourth-order valence-electron chi connectivity index (χ4n) is 4.03. The third-order valence-electron chi connectivity index (χ3n) is 5.97. The molecule has 1 saturated heterocycles. The minimum absolute atomic E-state index is 0.0722. The quantitative estimate of drug-likeness (QED) is 0.446. The fraction of sp³-hybridized carbons (Fsp3) is 0.296. The first-order valence-electron chi connectivity index (χ1n) is 11.4. The summed E-state index contributed by atoms with van der Waals surface area (Å²) in [7, 11) is 1.66. The van der Waals surface area contributed by atoms with Crippen LogP contribution in [0.3, 0.4) is 0 Å². The van der Waals surface area contributed by atoms with Crippen molar-refractivity contribution in [1.29, 1.82) is 0 Å². The number of ether oxygens (including phenoxy) is 2. The van der Waals surface area contributed by atoms with E-state index in [1.807, 2.05) is 18.2 Å². The average Bonchev–Trinajstić information content (AvgIpc) is 2.85. The van der Waals surface area contributed by atoms with Crippen LogP contribution in [-0.2, 0) is 12.7 Å². The number of carbonyl (C=O) groups excluding carboxylic acids is 1. The van der Waals surface area contributed by atoms with Crippen molar-refractivity contribution >= 4 is 11.6 Å². The molecule has 0 atom stereocenters. The van der Waals surface area contributed by atoms with E-state index < -0.39 is 17.6 Å². The van der Waals surface area contributed by atoms with E-state index in [1.54, 1.807) is 25.3 Å². The van der Waals surface area contributed by atoms with E-state index in [9.17, 15) is 18.0 Å². The molecule has 1 aliphatic rings. The molecule has 0 spiro atoms. The molecule has 1 N–H and O–H groups in total. The molecule has 3 aromatic rings. The SMILES string of the molecule is COc1ccc(CN2CCC(Oc3cccc(NC(=O)c4ccc(C(F)(F)F)cc4)c3)CC2)cc1. The minimum Gasteiger partial charge on any atom is -0.497 e. The van der Waals surface area contributed by atoms with Gasteiger partial charge in [-0.05, 0) is 66.9 Å². The predicted octanol–water partition coefficient (Wildman–Crippen LogP) is 6.01. The Morgan fingerprint density at radius 1 is 0.971 bits per heavy atom. The Morgan fingerprint density at radius 3 is 2.29 bits per heavy atom. The van der Waals surface area contributed by atoms with Gasteiger partial charge in [0.1, 0.15) is 17.6 Å². The van der Waals surface area contributed by atoms with Gasteiger partial charge in [-0.15, -0.1) is 0 Å². The summed E-state index contributed by atoms with van der Waals surface area (Å²) >= 11 is 0. The van der Waals surface area contributed by atoms with Gasteiger partial charge in [0, 0.05) is 37.0 Å². The highest BCUT2D eigenvalue weighted by Gasteiger charge is 2.30. The first kappa shape index (κ1) is 24.6. The second kappa shape index (κ2) is 10.8. The Morgan fingerprint density at radius 2 is 1.66 bits per heavy atom. The van der Waals surface area contributed by atoms with Gasteiger partial charge in [-0.25, -0.2) is 0 Å². The van der Waals surface area contributed by atoms with Crippen LogP contribution < -0.4 is 14.8 Å². The molecule has 0 aromatic heterocycles. The standard InChI is InChI=1S/C27H27F3N2O3/c1-34-23-11-5-19(6-12-23)18-32-15-13-24(14-16-32)35-25-4-2-3-22(17-25)31-26(33)20-7-9-21(10-8-20)27(28,29)30/h2-12,17,24H,13-16,18H2,1H3,(H,31,33). The molecule has 4 rings (SSSR count). The Hall–Kier alpha value is -3.52. The number of nitrogens with one attached hydrogen (secondary N) is 1. The number of hydrogen-bond donors (Lipinski definition) is 1. The Labute approximate surface area is 202 Å². The minimum atomic E-state index is -4.44. The zero-order valence-corrected chi connectivity index (χ0v) is 19.3. The molecular formula is C27H27F3N2O3. The molecule has 1 heterocycles. The van der Waals surface area contributed by atoms with Crippen molar-refractivity contribution in [2.45, 2.75) is 31.7 Å². The summed E-state index contributed by atoms with van der Waals surface area (Å²) in [6.45, 7) is 2.71. The van der Waals surface area contributed by atoms with Crippen LogP contribution in [0.25, 0.3) is 0 Å². The van der Waals surface area contributed by atoms with Crippen LogP contribution in [0.15, 0.2) is 72.8 Å². The van der Waals surface area contributed by atoms with Crippen LogP contribution in [-0.4, -0.2) is 37.1 Å². The third-order valence-corrected chi connectivity index (χ3v) is 5.97. The van der Waals surface area contributed by atoms with Crippen molar-refractivity contribution in [1.82, 2.24) is 4.90 Å². The maximum atomic E-state index is 12.7. The van der Waals surface area contributed by atoms with E-state index in [2.05, 4.69) is 22.3 Å². The van der Waals surface area contributed by atoms with Crippen LogP contribution in [0.5, 0.6) is 11.5 Å². The lowest BCUT2D eigenvalue weighted by atomic mass is 10.1. The van der Waals surface area contributed by atoms with Crippen LogP contribution in [0, 0.1) is 0 Å². The molecule has 5 nitrogen and oxygen atoms in total. The van der Waals surface area contributed by atoms with Gasteiger partial charge in [0.25, 0.3) is 5.91 Å². The van der Waals surface area contributed by atoms with Crippen molar-refractivity contribution in [2.75, 3.05) is 25.5 Å². The summed E-state index contributed by atoms with van der Waals surface area (Å²) in [4.78, 5) is 14.8. The normalized spacial score (nSPS) is 15.0. The van der Waals surface area contributed by atoms with E-state index in [1.165, 1.54) is 5.56 Å². The fourth-order valence-corrected chi connectivity index (χ4v) is 4.03. The number of rotatable bonds is 7. The number of alkyl halides is 3. The van der Waals surface area contributed by atoms with Gasteiger partial charge < -0.3 is 14.8 Å². The largest absolute Gasteiger partial charge is 0.497 e. The second-order valence-corrected chi connectivity index (χ2v) is 8.50. The Balaban J connectivity index is 1.28. The Kier molecular flexibility index (Phi) is 7.60. The predicted molar refractivity (Wildman–Crippen MR) is 128 cm³/mol. The first-order valence-corrected chi connectivity index (χ1v) is 11.4. The van der Waals surface area contributed by atoms with Crippen molar-refractivity contribution in [3.05, 3.63) is 89.5 Å². The van der Waals surface area contributed by atoms with Gasteiger partial charge >= 0.3 is 6.18 Å². The number of halogens is 3. The van der Waals surface area contributed by atoms with Crippen LogP contribution in [0.1, 0.15) is 34.3 Å². The van der Waals surface area contributed by atoms with Gasteiger partial charge in [-0.2, -0.15) is 13.2 Å². The van der Waals surface area contributed by atoms with Gasteiger partial charge in [0.05, 0.1) is 12.7 Å². The molecule has 35 heavy (non-hydrogen) atoms. The van der Waals surface area contributed by atoms with Crippen LogP contribution in [0.2, 0.25) is 0 Å². The molecule has 0 saturated carbocycles. The Bertz CT molecular complexity index is 1120. The lowest BCUT2D eigenvalue weighted by molar-refractivity contribution is -0.137. The van der Waals surface area contributed by atoms with Crippen molar-refractivity contribution in [3.63, 3.8) is 0 Å². The van der Waals surface area contributed by atoms with E-state index in [0.717, 1.165) is 62.5 Å². The number of carbonyl (C=O) groups is 1. The molecule has 0 aliphatic carbocycles. The topological polar surface area (TPSA) is 50.8 Å². The van der Waals surface area contributed by atoms with Crippen LogP contribution >= 0.6 is 0 Å². The lowest BCUT2D eigenvalue weighted by Gasteiger charge is -2.32. The lowest BCUT2D eigenvalue weighted by Crippen LogP contribution is -2.37. The zero-order valence-electron chi connectivity index (χ0n) is 19.3. The highest BCUT2D eigenvalue weighted by atomic mass is 19.4. The molecule has 8 heteroatoms. The van der Waals surface area contributed by atoms with Crippen molar-refractivity contribution < 1.29 is 27.4 Å². The van der Waals surface area contributed by atoms with E-state index >= 15 is 0 Å². The number of benzene rings is 3. The highest BCUT2D eigenvalue weighted by molar-refractivity contribution is 6.04. The van der Waals surface area contributed by atoms with E-state index in [0.29, 0.717) is 11.4 Å². The summed E-state index contributed by atoms with van der Waals surface area (Å²) < 4.78 is 49.5. The number of piperidine rings is 1. The summed E-state index contributed by atoms with van der Waals surface area (Å²) in [6, 6.07) is 19.3. The monoisotopic (exact) mass is 484 g/mol. The van der Waals surface area contributed by atoms with Gasteiger partial charge in [-0.3, -0.25) is 9.69 Å². The molecule has 1 aliphatic heterocycles. The highest BCUT2D eigenvalue weighted by Crippen LogP contribution is 2.29. The smallest absolute Gasteiger partial charge is 0.416 e. The summed E-state index contributed by atoms with van der Waals surface area (Å²) in [6.07, 6.45) is -2.59. The molecule has 1 amide bonds. The van der Waals surface area contributed by atoms with Gasteiger partial charge in [0.15, 0.2) is 0 Å². The van der Waals surface area contributed by atoms with Crippen LogP contribution in [0.4, 0.5) is 18.9 Å². The molecule has 0 bridgehead atoms. The van der Waals surface area contributed by atoms with E-state index in [4.69, 9.17) is 9.47 Å². The number of hydrogen-bond acceptors (Lipinski definition) is 4. The van der Waals surface area contributed by atoms with Crippen molar-refractivity contribution in [3.8, 4) is 11.5 Å². The molecule has 3 aromatic carbocycles. The second-order valence-electron chi connectivity index (χ2n) is 8.50. The van der Waals surface area contributed by atoms with Gasteiger partial charge in [-0.1, -0.05) is 18.2 Å². The number of nitrogens with zero attached hydrogens (tertiary/aromatic N) is 1. The molecule has 0 unspecified atom stereocenters. The van der Waals surface area contributed by atoms with Gasteiger partial charge in [0.2, 0.25) is 0 Å². The maximum absolute atomic E-state index is 12.7. The molecule has 1 fully saturated rings. The maximum Gasteiger partial charge on any atom is 0.416 e. The molecule has 184 valence electrons. The average molecular weight is 485 g/mol. The molecular weight excluding hydrogens is 457 g/mol. The first-order chi connectivity index (χ1) is 16.8. The molecule has 0 radical (unpaired) electrons. The summed E-state index contributed by atoms with van der Waals surface area (Å²) in [5, 5.41) is 2.72. The van der Waals surface area contributed by atoms with E-state index in [-0.39, 0.29) is 11.7 Å². The zero-order chi connectivity index (χ0) is 24.8.